The largest absolute Gasteiger partial charge is 0.328 e. The lowest BCUT2D eigenvalue weighted by molar-refractivity contribution is 0.0654. The molecular weight excluding hydrogens is 510 g/mol. The number of rotatable bonds is 8. The molecule has 1 atom stereocenters. The molecule has 0 N–H and O–H groups in total. The second kappa shape index (κ2) is 10.7. The van der Waals surface area contributed by atoms with E-state index < -0.39 is 0 Å². The molecule has 1 amide bonds. The van der Waals surface area contributed by atoms with Crippen molar-refractivity contribution >= 4 is 44.1 Å². The number of hydrogen-bond donors (Lipinski definition) is 0. The molecule has 2 aromatic heterocycles. The van der Waals surface area contributed by atoms with E-state index in [2.05, 4.69) is 29.8 Å². The van der Waals surface area contributed by atoms with Gasteiger partial charge in [-0.15, -0.1) is 11.3 Å². The zero-order valence-corrected chi connectivity index (χ0v) is 22.0. The first kappa shape index (κ1) is 24.4. The van der Waals surface area contributed by atoms with Gasteiger partial charge in [0, 0.05) is 11.0 Å². The molecule has 0 saturated carbocycles. The van der Waals surface area contributed by atoms with Crippen molar-refractivity contribution in [2.24, 2.45) is 5.92 Å². The van der Waals surface area contributed by atoms with Crippen LogP contribution >= 0.6 is 27.3 Å². The summed E-state index contributed by atoms with van der Waals surface area (Å²) in [5.41, 5.74) is 1.24. The predicted molar refractivity (Wildman–Crippen MR) is 143 cm³/mol. The van der Waals surface area contributed by atoms with Gasteiger partial charge in [0.15, 0.2) is 0 Å². The molecule has 1 unspecified atom stereocenters. The van der Waals surface area contributed by atoms with Crippen molar-refractivity contribution in [1.82, 2.24) is 14.5 Å². The van der Waals surface area contributed by atoms with Gasteiger partial charge in [0.1, 0.15) is 5.82 Å². The summed E-state index contributed by atoms with van der Waals surface area (Å²) >= 11 is 4.92. The lowest BCUT2D eigenvalue weighted by atomic mass is 10.1. The van der Waals surface area contributed by atoms with Crippen LogP contribution in [0.2, 0.25) is 0 Å². The lowest BCUT2D eigenvalue weighted by Crippen LogP contribution is -2.39. The van der Waals surface area contributed by atoms with Crippen LogP contribution in [0.3, 0.4) is 0 Å². The number of hydrogen-bond acceptors (Lipinski definition) is 4. The van der Waals surface area contributed by atoms with E-state index in [1.54, 1.807) is 10.6 Å². The Hall–Kier alpha value is -2.77. The van der Waals surface area contributed by atoms with Gasteiger partial charge in [-0.25, -0.2) is 4.98 Å². The second-order valence-electron chi connectivity index (χ2n) is 8.69. The number of benzene rings is 2. The number of para-hydroxylation sites is 1. The summed E-state index contributed by atoms with van der Waals surface area (Å²) in [6.07, 6.45) is 1.50. The highest BCUT2D eigenvalue weighted by Crippen LogP contribution is 2.29. The molecule has 7 heteroatoms. The first-order valence-electron chi connectivity index (χ1n) is 11.5. The van der Waals surface area contributed by atoms with Crippen LogP contribution in [0.1, 0.15) is 55.2 Å². The molecule has 0 saturated heterocycles. The zero-order chi connectivity index (χ0) is 24.2. The Labute approximate surface area is 212 Å². The van der Waals surface area contributed by atoms with E-state index in [1.165, 1.54) is 11.3 Å². The number of halogens is 1. The third kappa shape index (κ3) is 5.00. The van der Waals surface area contributed by atoms with E-state index in [9.17, 15) is 9.59 Å². The van der Waals surface area contributed by atoms with Crippen LogP contribution in [0.5, 0.6) is 0 Å². The summed E-state index contributed by atoms with van der Waals surface area (Å²) < 4.78 is 2.60. The van der Waals surface area contributed by atoms with Gasteiger partial charge in [-0.1, -0.05) is 54.9 Å². The molecule has 0 aliphatic heterocycles. The normalized spacial score (nSPS) is 12.3. The van der Waals surface area contributed by atoms with E-state index in [4.69, 9.17) is 4.98 Å². The summed E-state index contributed by atoms with van der Waals surface area (Å²) in [5, 5.41) is 2.48. The fraction of sp³-hybridized carbons (Fsp3) is 0.296. The quantitative estimate of drug-likeness (QED) is 0.247. The maximum atomic E-state index is 13.8. The van der Waals surface area contributed by atoms with Crippen molar-refractivity contribution in [3.05, 3.63) is 91.6 Å². The minimum absolute atomic E-state index is 0.0211. The Bertz CT molecular complexity index is 1330. The smallest absolute Gasteiger partial charge is 0.266 e. The first-order chi connectivity index (χ1) is 16.4. The van der Waals surface area contributed by atoms with Crippen LogP contribution in [-0.4, -0.2) is 26.9 Å². The van der Waals surface area contributed by atoms with Gasteiger partial charge in [0.2, 0.25) is 0 Å². The summed E-state index contributed by atoms with van der Waals surface area (Å²) in [7, 11) is 0. The van der Waals surface area contributed by atoms with Crippen LogP contribution in [0, 0.1) is 5.92 Å². The molecule has 2 heterocycles. The zero-order valence-electron chi connectivity index (χ0n) is 19.6. The molecule has 4 rings (SSSR count). The van der Waals surface area contributed by atoms with Crippen LogP contribution < -0.4 is 5.56 Å². The fourth-order valence-corrected chi connectivity index (χ4v) is 5.04. The van der Waals surface area contributed by atoms with E-state index >= 15 is 0 Å². The van der Waals surface area contributed by atoms with Crippen molar-refractivity contribution in [2.45, 2.75) is 39.7 Å². The summed E-state index contributed by atoms with van der Waals surface area (Å²) in [6, 6.07) is 18.4. The molecule has 0 radical (unpaired) electrons. The highest BCUT2D eigenvalue weighted by atomic mass is 79.9. The second-order valence-corrected chi connectivity index (χ2v) is 10.5. The first-order valence-corrected chi connectivity index (χ1v) is 13.2. The molecule has 0 bridgehead atoms. The highest BCUT2D eigenvalue weighted by molar-refractivity contribution is 9.10. The molecule has 0 aliphatic carbocycles. The standard InChI is InChI=1S/C27H28BrN3O2S/c1-4-23(30(16-15-18(2)3)27(33)24-10-7-17-34-24)25-29-22-9-6-5-8-21(22)26(32)31(25)20-13-11-19(28)12-14-20/h5-14,17-18,23H,4,15-16H2,1-3H3. The topological polar surface area (TPSA) is 55.2 Å². The minimum Gasteiger partial charge on any atom is -0.328 e. The highest BCUT2D eigenvalue weighted by Gasteiger charge is 2.30. The van der Waals surface area contributed by atoms with Crippen LogP contribution in [-0.2, 0) is 0 Å². The van der Waals surface area contributed by atoms with Crippen LogP contribution in [0.4, 0.5) is 0 Å². The Balaban J connectivity index is 1.93. The minimum atomic E-state index is -0.352. The van der Waals surface area contributed by atoms with Gasteiger partial charge in [0.05, 0.1) is 27.5 Å². The maximum Gasteiger partial charge on any atom is 0.266 e. The van der Waals surface area contributed by atoms with Gasteiger partial charge >= 0.3 is 0 Å². The van der Waals surface area contributed by atoms with Crippen molar-refractivity contribution in [3.8, 4) is 5.69 Å². The van der Waals surface area contributed by atoms with E-state index in [-0.39, 0.29) is 17.5 Å². The van der Waals surface area contributed by atoms with Crippen molar-refractivity contribution in [2.75, 3.05) is 6.54 Å². The lowest BCUT2D eigenvalue weighted by Gasteiger charge is -2.32. The number of fused-ring (bicyclic) bond motifs is 1. The monoisotopic (exact) mass is 537 g/mol. The predicted octanol–water partition coefficient (Wildman–Crippen LogP) is 6.85. The van der Waals surface area contributed by atoms with Gasteiger partial charge in [-0.05, 0) is 66.6 Å². The Kier molecular flexibility index (Phi) is 7.63. The number of aromatic nitrogens is 2. The Morgan fingerprint density at radius 1 is 1.09 bits per heavy atom. The van der Waals surface area contributed by atoms with Gasteiger partial charge < -0.3 is 4.90 Å². The van der Waals surface area contributed by atoms with Crippen molar-refractivity contribution in [1.29, 1.82) is 0 Å². The molecule has 2 aromatic carbocycles. The number of thiophene rings is 1. The average molecular weight is 539 g/mol. The molecule has 0 aliphatic rings. The third-order valence-corrected chi connectivity index (χ3v) is 7.27. The van der Waals surface area contributed by atoms with Crippen LogP contribution in [0.15, 0.2) is 75.3 Å². The summed E-state index contributed by atoms with van der Waals surface area (Å²) in [4.78, 5) is 35.0. The van der Waals surface area contributed by atoms with Crippen molar-refractivity contribution < 1.29 is 4.79 Å². The number of carbonyl (C=O) groups is 1. The number of carbonyl (C=O) groups excluding carboxylic acids is 1. The van der Waals surface area contributed by atoms with E-state index in [0.717, 1.165) is 16.6 Å². The molecule has 4 aromatic rings. The third-order valence-electron chi connectivity index (χ3n) is 5.89. The molecule has 0 fully saturated rings. The maximum absolute atomic E-state index is 13.8. The Morgan fingerprint density at radius 3 is 2.47 bits per heavy atom. The van der Waals surface area contributed by atoms with Gasteiger partial charge in [0.25, 0.3) is 11.5 Å². The van der Waals surface area contributed by atoms with Crippen LogP contribution in [0.25, 0.3) is 16.6 Å². The molecule has 34 heavy (non-hydrogen) atoms. The Morgan fingerprint density at radius 2 is 1.82 bits per heavy atom. The molecule has 176 valence electrons. The summed E-state index contributed by atoms with van der Waals surface area (Å²) in [5.74, 6) is 1.00. The molecule has 5 nitrogen and oxygen atoms in total. The fourth-order valence-electron chi connectivity index (χ4n) is 4.09. The van der Waals surface area contributed by atoms with Gasteiger partial charge in [-0.3, -0.25) is 14.2 Å². The van der Waals surface area contributed by atoms with E-state index in [1.807, 2.05) is 71.8 Å². The molecule has 0 spiro atoms. The number of nitrogens with zero attached hydrogens (tertiary/aromatic N) is 3. The van der Waals surface area contributed by atoms with Gasteiger partial charge in [-0.2, -0.15) is 0 Å². The summed E-state index contributed by atoms with van der Waals surface area (Å²) in [6.45, 7) is 6.94. The van der Waals surface area contributed by atoms with Crippen molar-refractivity contribution in [3.63, 3.8) is 0 Å². The number of amides is 1. The van der Waals surface area contributed by atoms with E-state index in [0.29, 0.717) is 40.5 Å². The molecular formula is C27H28BrN3O2S. The SMILES string of the molecule is CCC(c1nc2ccccc2c(=O)n1-c1ccc(Br)cc1)N(CCC(C)C)C(=O)c1cccs1. The average Bonchev–Trinajstić information content (AvgIpc) is 3.37.